The molecular formula is C18H22ClN5O2S. The molecule has 0 bridgehead atoms. The Morgan fingerprint density at radius 2 is 2.19 bits per heavy atom. The first-order valence-electron chi connectivity index (χ1n) is 9.17. The summed E-state index contributed by atoms with van der Waals surface area (Å²) in [5, 5.41) is 16.3. The lowest BCUT2D eigenvalue weighted by molar-refractivity contribution is -0.119. The third-order valence-electron chi connectivity index (χ3n) is 5.20. The highest BCUT2D eigenvalue weighted by Crippen LogP contribution is 2.37. The summed E-state index contributed by atoms with van der Waals surface area (Å²) < 4.78 is 7.37. The maximum Gasteiger partial charge on any atom is 0.230 e. The molecule has 0 spiro atoms. The van der Waals surface area contributed by atoms with Gasteiger partial charge in [-0.05, 0) is 53.8 Å². The summed E-state index contributed by atoms with van der Waals surface area (Å²) in [7, 11) is 0. The summed E-state index contributed by atoms with van der Waals surface area (Å²) >= 11 is 7.58. The summed E-state index contributed by atoms with van der Waals surface area (Å²) in [5.74, 6) is 0.285. The van der Waals surface area contributed by atoms with Gasteiger partial charge in [-0.25, -0.2) is 4.68 Å². The van der Waals surface area contributed by atoms with E-state index in [1.54, 1.807) is 0 Å². The van der Waals surface area contributed by atoms with Crippen LogP contribution in [0.5, 0.6) is 0 Å². The highest BCUT2D eigenvalue weighted by atomic mass is 35.5. The number of amides is 1. The fourth-order valence-corrected chi connectivity index (χ4v) is 4.39. The summed E-state index contributed by atoms with van der Waals surface area (Å²) in [5.41, 5.74) is 1.02. The van der Waals surface area contributed by atoms with Crippen LogP contribution in [0.25, 0.3) is 0 Å². The van der Waals surface area contributed by atoms with Gasteiger partial charge in [-0.15, -0.1) is 5.10 Å². The van der Waals surface area contributed by atoms with Gasteiger partial charge in [-0.2, -0.15) is 0 Å². The third-order valence-corrected chi connectivity index (χ3v) is 6.37. The van der Waals surface area contributed by atoms with Gasteiger partial charge in [0.2, 0.25) is 11.1 Å². The van der Waals surface area contributed by atoms with Crippen LogP contribution in [-0.4, -0.2) is 51.6 Å². The standard InChI is InChI=1S/C18H22ClN5O2S/c19-14-3-1-2-13(10-14)18(6-8-26-9-7-18)12-20-16(25)11-27-17-21-22-23-24(17)15-4-5-15/h1-3,10,15H,4-9,11-12H2,(H,20,25). The van der Waals surface area contributed by atoms with Crippen LogP contribution in [0.15, 0.2) is 29.4 Å². The number of carbonyl (C=O) groups is 1. The Morgan fingerprint density at radius 1 is 1.37 bits per heavy atom. The molecular weight excluding hydrogens is 386 g/mol. The number of nitrogens with one attached hydrogen (secondary N) is 1. The number of thioether (sulfide) groups is 1. The molecule has 1 N–H and O–H groups in total. The minimum atomic E-state index is -0.140. The maximum absolute atomic E-state index is 12.5. The van der Waals surface area contributed by atoms with Crippen molar-refractivity contribution in [1.29, 1.82) is 0 Å². The highest BCUT2D eigenvalue weighted by Gasteiger charge is 2.35. The van der Waals surface area contributed by atoms with Gasteiger partial charge in [-0.3, -0.25) is 4.79 Å². The van der Waals surface area contributed by atoms with Crippen molar-refractivity contribution in [1.82, 2.24) is 25.5 Å². The van der Waals surface area contributed by atoms with Crippen molar-refractivity contribution in [2.45, 2.75) is 42.3 Å². The van der Waals surface area contributed by atoms with Crippen molar-refractivity contribution >= 4 is 29.3 Å². The molecule has 1 aliphatic carbocycles. The van der Waals surface area contributed by atoms with Gasteiger partial charge < -0.3 is 10.1 Å². The topological polar surface area (TPSA) is 81.9 Å². The summed E-state index contributed by atoms with van der Waals surface area (Å²) in [4.78, 5) is 12.5. The lowest BCUT2D eigenvalue weighted by Gasteiger charge is -2.38. The number of hydrogen-bond donors (Lipinski definition) is 1. The zero-order valence-electron chi connectivity index (χ0n) is 14.9. The molecule has 1 aromatic heterocycles. The van der Waals surface area contributed by atoms with Crippen molar-refractivity contribution < 1.29 is 9.53 Å². The normalized spacial score (nSPS) is 19.0. The van der Waals surface area contributed by atoms with Crippen LogP contribution >= 0.6 is 23.4 Å². The van der Waals surface area contributed by atoms with Gasteiger partial charge in [0.05, 0.1) is 11.8 Å². The first-order chi connectivity index (χ1) is 13.2. The zero-order chi connectivity index (χ0) is 18.7. The number of ether oxygens (including phenoxy) is 1. The zero-order valence-corrected chi connectivity index (χ0v) is 16.5. The Kier molecular flexibility index (Phi) is 5.66. The number of carbonyl (C=O) groups excluding carboxylic acids is 1. The molecule has 1 saturated carbocycles. The van der Waals surface area contributed by atoms with E-state index in [2.05, 4.69) is 26.9 Å². The summed E-state index contributed by atoms with van der Waals surface area (Å²) in [6, 6.07) is 8.32. The smallest absolute Gasteiger partial charge is 0.230 e. The molecule has 2 aliphatic rings. The monoisotopic (exact) mass is 407 g/mol. The molecule has 0 radical (unpaired) electrons. The Hall–Kier alpha value is -1.64. The third kappa shape index (κ3) is 4.44. The number of nitrogens with zero attached hydrogens (tertiary/aromatic N) is 4. The summed E-state index contributed by atoms with van der Waals surface area (Å²) in [6.45, 7) is 1.95. The first kappa shape index (κ1) is 18.7. The molecule has 1 saturated heterocycles. The lowest BCUT2D eigenvalue weighted by Crippen LogP contribution is -2.45. The van der Waals surface area contributed by atoms with E-state index in [4.69, 9.17) is 16.3 Å². The molecule has 2 fully saturated rings. The first-order valence-corrected chi connectivity index (χ1v) is 10.5. The van der Waals surface area contributed by atoms with Crippen molar-refractivity contribution in [2.24, 2.45) is 0 Å². The second-order valence-electron chi connectivity index (χ2n) is 7.11. The van der Waals surface area contributed by atoms with Crippen molar-refractivity contribution in [3.8, 4) is 0 Å². The van der Waals surface area contributed by atoms with Crippen LogP contribution in [0, 0.1) is 0 Å². The van der Waals surface area contributed by atoms with Crippen LogP contribution in [0.1, 0.15) is 37.3 Å². The highest BCUT2D eigenvalue weighted by molar-refractivity contribution is 7.99. The molecule has 144 valence electrons. The molecule has 2 aromatic rings. The fourth-order valence-electron chi connectivity index (χ4n) is 3.43. The predicted molar refractivity (Wildman–Crippen MR) is 103 cm³/mol. The van der Waals surface area contributed by atoms with Crippen molar-refractivity contribution in [3.05, 3.63) is 34.9 Å². The largest absolute Gasteiger partial charge is 0.381 e. The van der Waals surface area contributed by atoms with Gasteiger partial charge >= 0.3 is 0 Å². The number of hydrogen-bond acceptors (Lipinski definition) is 6. The van der Waals surface area contributed by atoms with Crippen LogP contribution < -0.4 is 5.32 Å². The molecule has 1 aromatic carbocycles. The number of benzene rings is 1. The predicted octanol–water partition coefficient (Wildman–Crippen LogP) is 2.62. The van der Waals surface area contributed by atoms with Crippen LogP contribution in [-0.2, 0) is 14.9 Å². The van der Waals surface area contributed by atoms with E-state index in [1.165, 1.54) is 11.8 Å². The average molecular weight is 408 g/mol. The van der Waals surface area contributed by atoms with Crippen molar-refractivity contribution in [2.75, 3.05) is 25.5 Å². The van der Waals surface area contributed by atoms with Crippen LogP contribution in [0.4, 0.5) is 0 Å². The van der Waals surface area contributed by atoms with E-state index in [-0.39, 0.29) is 11.3 Å². The average Bonchev–Trinajstić information content (AvgIpc) is 3.43. The molecule has 1 aliphatic heterocycles. The number of aromatic nitrogens is 4. The maximum atomic E-state index is 12.5. The Morgan fingerprint density at radius 3 is 2.93 bits per heavy atom. The van der Waals surface area contributed by atoms with Crippen molar-refractivity contribution in [3.63, 3.8) is 0 Å². The van der Waals surface area contributed by atoms with Gasteiger partial charge in [0.1, 0.15) is 0 Å². The molecule has 0 unspecified atom stereocenters. The fraction of sp³-hybridized carbons (Fsp3) is 0.556. The lowest BCUT2D eigenvalue weighted by atomic mass is 9.74. The van der Waals surface area contributed by atoms with Gasteiger partial charge in [0.15, 0.2) is 0 Å². The Bertz CT molecular complexity index is 805. The second-order valence-corrected chi connectivity index (χ2v) is 8.48. The molecule has 4 rings (SSSR count). The second kappa shape index (κ2) is 8.16. The Labute approximate surface area is 167 Å². The quantitative estimate of drug-likeness (QED) is 0.710. The van der Waals surface area contributed by atoms with Gasteiger partial charge in [0, 0.05) is 30.2 Å². The molecule has 1 amide bonds. The Balaban J connectivity index is 1.37. The van der Waals surface area contributed by atoms with Crippen LogP contribution in [0.2, 0.25) is 5.02 Å². The molecule has 9 heteroatoms. The molecule has 7 nitrogen and oxygen atoms in total. The molecule has 0 atom stereocenters. The van der Waals surface area contributed by atoms with Gasteiger partial charge in [-0.1, -0.05) is 35.5 Å². The SMILES string of the molecule is O=C(CSc1nnnn1C1CC1)NCC1(c2cccc(Cl)c2)CCOCC1. The number of rotatable bonds is 7. The molecule has 2 heterocycles. The van der Waals surface area contributed by atoms with Crippen LogP contribution in [0.3, 0.4) is 0 Å². The van der Waals surface area contributed by atoms with E-state index >= 15 is 0 Å². The minimum absolute atomic E-state index is 0.0155. The van der Waals surface area contributed by atoms with E-state index < -0.39 is 0 Å². The summed E-state index contributed by atoms with van der Waals surface area (Å²) in [6.07, 6.45) is 3.94. The van der Waals surface area contributed by atoms with E-state index in [9.17, 15) is 4.79 Å². The van der Waals surface area contributed by atoms with E-state index in [0.29, 0.717) is 41.7 Å². The number of tetrazole rings is 1. The number of halogens is 1. The van der Waals surface area contributed by atoms with Gasteiger partial charge in [0.25, 0.3) is 0 Å². The molecule has 27 heavy (non-hydrogen) atoms. The minimum Gasteiger partial charge on any atom is -0.381 e. The van der Waals surface area contributed by atoms with E-state index in [1.807, 2.05) is 22.9 Å². The van der Waals surface area contributed by atoms with E-state index in [0.717, 1.165) is 31.2 Å².